The maximum Gasteiger partial charge on any atom is 0.324 e. The van der Waals surface area contributed by atoms with Crippen LogP contribution in [0.1, 0.15) is 18.6 Å². The van der Waals surface area contributed by atoms with E-state index in [2.05, 4.69) is 4.90 Å². The Hall–Kier alpha value is -1.33. The summed E-state index contributed by atoms with van der Waals surface area (Å²) in [4.78, 5) is 13.7. The van der Waals surface area contributed by atoms with E-state index in [0.717, 1.165) is 18.6 Å². The lowest BCUT2D eigenvalue weighted by Gasteiger charge is -2.27. The number of esters is 1. The summed E-state index contributed by atoms with van der Waals surface area (Å²) in [6, 6.07) is 3.79. The van der Waals surface area contributed by atoms with E-state index in [1.807, 2.05) is 12.1 Å². The Morgan fingerprint density at radius 2 is 2.47 bits per heavy atom. The summed E-state index contributed by atoms with van der Waals surface area (Å²) in [6.07, 6.45) is 3.85. The van der Waals surface area contributed by atoms with Crippen LogP contribution in [0.15, 0.2) is 22.8 Å². The Labute approximate surface area is 101 Å². The lowest BCUT2D eigenvalue weighted by molar-refractivity contribution is -0.147. The predicted octanol–water partition coefficient (Wildman–Crippen LogP) is 0.744. The molecule has 17 heavy (non-hydrogen) atoms. The largest absolute Gasteiger partial charge is 0.468 e. The summed E-state index contributed by atoms with van der Waals surface area (Å²) >= 11 is 0. The van der Waals surface area contributed by atoms with Crippen LogP contribution in [-0.2, 0) is 16.1 Å². The van der Waals surface area contributed by atoms with Gasteiger partial charge in [0.05, 0.1) is 19.9 Å². The van der Waals surface area contributed by atoms with Gasteiger partial charge in [-0.1, -0.05) is 0 Å². The minimum absolute atomic E-state index is 0.268. The second-order valence-electron chi connectivity index (χ2n) is 4.26. The highest BCUT2D eigenvalue weighted by Crippen LogP contribution is 2.30. The summed E-state index contributed by atoms with van der Waals surface area (Å²) in [7, 11) is 1.39. The van der Waals surface area contributed by atoms with Gasteiger partial charge in [0, 0.05) is 12.6 Å². The van der Waals surface area contributed by atoms with Gasteiger partial charge in [-0.05, 0) is 25.0 Å². The first-order chi connectivity index (χ1) is 8.26. The van der Waals surface area contributed by atoms with Crippen LogP contribution >= 0.6 is 0 Å². The number of nitrogens with two attached hydrogens (primary N) is 1. The molecule has 1 fully saturated rings. The van der Waals surface area contributed by atoms with E-state index in [4.69, 9.17) is 14.9 Å². The van der Waals surface area contributed by atoms with E-state index in [-0.39, 0.29) is 18.6 Å². The zero-order valence-electron chi connectivity index (χ0n) is 9.96. The highest BCUT2D eigenvalue weighted by atomic mass is 16.5. The lowest BCUT2D eigenvalue weighted by atomic mass is 10.2. The minimum Gasteiger partial charge on any atom is -0.468 e. The van der Waals surface area contributed by atoms with Gasteiger partial charge in [0.2, 0.25) is 0 Å². The Morgan fingerprint density at radius 1 is 1.71 bits per heavy atom. The maximum absolute atomic E-state index is 11.7. The van der Waals surface area contributed by atoms with Crippen LogP contribution in [0.3, 0.4) is 0 Å². The van der Waals surface area contributed by atoms with Crippen molar-refractivity contribution >= 4 is 5.97 Å². The van der Waals surface area contributed by atoms with E-state index in [1.165, 1.54) is 7.11 Å². The summed E-state index contributed by atoms with van der Waals surface area (Å²) < 4.78 is 10.1. The van der Waals surface area contributed by atoms with Crippen LogP contribution in [0.25, 0.3) is 0 Å². The van der Waals surface area contributed by atoms with Crippen molar-refractivity contribution in [3.63, 3.8) is 0 Å². The number of furan rings is 1. The number of methoxy groups -OCH3 is 1. The Morgan fingerprint density at radius 3 is 2.94 bits per heavy atom. The van der Waals surface area contributed by atoms with Crippen molar-refractivity contribution in [3.05, 3.63) is 24.2 Å². The molecule has 2 rings (SSSR count). The molecule has 1 aliphatic rings. The number of rotatable bonds is 6. The van der Waals surface area contributed by atoms with E-state index < -0.39 is 0 Å². The average molecular weight is 238 g/mol. The average Bonchev–Trinajstić information content (AvgIpc) is 3.06. The molecule has 1 aromatic rings. The van der Waals surface area contributed by atoms with Crippen LogP contribution in [0.5, 0.6) is 0 Å². The molecule has 0 bridgehead atoms. The molecule has 0 amide bonds. The van der Waals surface area contributed by atoms with Crippen molar-refractivity contribution in [1.82, 2.24) is 4.90 Å². The van der Waals surface area contributed by atoms with E-state index in [9.17, 15) is 4.79 Å². The summed E-state index contributed by atoms with van der Waals surface area (Å²) in [5.41, 5.74) is 5.67. The van der Waals surface area contributed by atoms with Crippen molar-refractivity contribution in [2.45, 2.75) is 31.5 Å². The molecule has 0 radical (unpaired) electrons. The van der Waals surface area contributed by atoms with Gasteiger partial charge in [0.1, 0.15) is 11.8 Å². The van der Waals surface area contributed by atoms with Crippen molar-refractivity contribution in [2.24, 2.45) is 5.73 Å². The zero-order chi connectivity index (χ0) is 12.3. The quantitative estimate of drug-likeness (QED) is 0.740. The Bertz CT molecular complexity index is 360. The van der Waals surface area contributed by atoms with Gasteiger partial charge in [0.25, 0.3) is 0 Å². The smallest absolute Gasteiger partial charge is 0.324 e. The third-order valence-corrected chi connectivity index (χ3v) is 3.03. The summed E-state index contributed by atoms with van der Waals surface area (Å²) in [6.45, 7) is 0.874. The van der Waals surface area contributed by atoms with Crippen molar-refractivity contribution < 1.29 is 13.9 Å². The number of nitrogens with zero attached hydrogens (tertiary/aromatic N) is 1. The first-order valence-electron chi connectivity index (χ1n) is 5.82. The molecule has 1 atom stereocenters. The molecule has 1 saturated carbocycles. The summed E-state index contributed by atoms with van der Waals surface area (Å²) in [5.74, 6) is 0.574. The Balaban J connectivity index is 2.07. The lowest BCUT2D eigenvalue weighted by Crippen LogP contribution is -2.47. The fourth-order valence-electron chi connectivity index (χ4n) is 1.99. The SMILES string of the molecule is COC(=O)C(CN)N(Cc1ccco1)C1CC1. The van der Waals surface area contributed by atoms with Gasteiger partial charge in [-0.25, -0.2) is 0 Å². The van der Waals surface area contributed by atoms with Gasteiger partial charge in [-0.15, -0.1) is 0 Å². The van der Waals surface area contributed by atoms with Crippen LogP contribution in [0.4, 0.5) is 0 Å². The van der Waals surface area contributed by atoms with Gasteiger partial charge in [-0.3, -0.25) is 9.69 Å². The predicted molar refractivity (Wildman–Crippen MR) is 62.1 cm³/mol. The molecule has 1 aliphatic carbocycles. The molecular weight excluding hydrogens is 220 g/mol. The van der Waals surface area contributed by atoms with Gasteiger partial charge in [-0.2, -0.15) is 0 Å². The molecule has 1 unspecified atom stereocenters. The highest BCUT2D eigenvalue weighted by Gasteiger charge is 2.37. The third kappa shape index (κ3) is 2.87. The molecule has 0 spiro atoms. The molecule has 5 nitrogen and oxygen atoms in total. The normalized spacial score (nSPS) is 17.1. The molecule has 2 N–H and O–H groups in total. The summed E-state index contributed by atoms with van der Waals surface area (Å²) in [5, 5.41) is 0. The van der Waals surface area contributed by atoms with Crippen molar-refractivity contribution in [2.75, 3.05) is 13.7 Å². The van der Waals surface area contributed by atoms with Gasteiger partial charge in [0.15, 0.2) is 0 Å². The molecule has 1 heterocycles. The number of hydrogen-bond acceptors (Lipinski definition) is 5. The number of hydrogen-bond donors (Lipinski definition) is 1. The zero-order valence-corrected chi connectivity index (χ0v) is 9.96. The second kappa shape index (κ2) is 5.33. The Kier molecular flexibility index (Phi) is 3.81. The standard InChI is InChI=1S/C12H18N2O3/c1-16-12(15)11(7-13)14(9-4-5-9)8-10-3-2-6-17-10/h2-3,6,9,11H,4-5,7-8,13H2,1H3. The minimum atomic E-state index is -0.377. The number of carbonyl (C=O) groups excluding carboxylic acids is 1. The molecule has 0 aromatic carbocycles. The van der Waals surface area contributed by atoms with E-state index in [0.29, 0.717) is 12.6 Å². The van der Waals surface area contributed by atoms with Crippen LogP contribution < -0.4 is 5.73 Å². The third-order valence-electron chi connectivity index (χ3n) is 3.03. The number of ether oxygens (including phenoxy) is 1. The topological polar surface area (TPSA) is 68.7 Å². The fourth-order valence-corrected chi connectivity index (χ4v) is 1.99. The fraction of sp³-hybridized carbons (Fsp3) is 0.583. The molecule has 0 aliphatic heterocycles. The van der Waals surface area contributed by atoms with E-state index in [1.54, 1.807) is 6.26 Å². The second-order valence-corrected chi connectivity index (χ2v) is 4.26. The maximum atomic E-state index is 11.7. The van der Waals surface area contributed by atoms with Crippen LogP contribution in [0.2, 0.25) is 0 Å². The molecular formula is C12H18N2O3. The monoisotopic (exact) mass is 238 g/mol. The first-order valence-corrected chi connectivity index (χ1v) is 5.82. The molecule has 0 saturated heterocycles. The van der Waals surface area contributed by atoms with Crippen molar-refractivity contribution in [3.8, 4) is 0 Å². The van der Waals surface area contributed by atoms with Gasteiger partial charge >= 0.3 is 5.97 Å². The van der Waals surface area contributed by atoms with Crippen LogP contribution in [0, 0.1) is 0 Å². The molecule has 5 heteroatoms. The first kappa shape index (κ1) is 12.1. The van der Waals surface area contributed by atoms with Gasteiger partial charge < -0.3 is 14.9 Å². The van der Waals surface area contributed by atoms with E-state index >= 15 is 0 Å². The number of carbonyl (C=O) groups is 1. The molecule has 94 valence electrons. The van der Waals surface area contributed by atoms with Crippen LogP contribution in [-0.4, -0.2) is 36.6 Å². The molecule has 1 aromatic heterocycles. The highest BCUT2D eigenvalue weighted by molar-refractivity contribution is 5.76. The van der Waals surface area contributed by atoms with Crippen molar-refractivity contribution in [1.29, 1.82) is 0 Å².